The van der Waals surface area contributed by atoms with Gasteiger partial charge in [-0.1, -0.05) is 12.1 Å². The van der Waals surface area contributed by atoms with Crippen LogP contribution in [0.15, 0.2) is 24.3 Å². The van der Waals surface area contributed by atoms with Gasteiger partial charge in [-0.05, 0) is 37.5 Å². The van der Waals surface area contributed by atoms with Crippen LogP contribution < -0.4 is 5.32 Å². The molecule has 1 aromatic heterocycles. The molecule has 0 radical (unpaired) electrons. The first-order valence-electron chi connectivity index (χ1n) is 6.08. The molecular weight excluding hydrogens is 249 g/mol. The van der Waals surface area contributed by atoms with E-state index in [1.165, 1.54) is 36.5 Å². The Morgan fingerprint density at radius 1 is 1.33 bits per heavy atom. The van der Waals surface area contributed by atoms with Gasteiger partial charge in [-0.15, -0.1) is 0 Å². The second-order valence-corrected chi connectivity index (χ2v) is 5.40. The van der Waals surface area contributed by atoms with Crippen LogP contribution in [0.4, 0.5) is 9.52 Å². The number of anilines is 1. The molecular formula is C13H14FN3S. The summed E-state index contributed by atoms with van der Waals surface area (Å²) < 4.78 is 17.2. The van der Waals surface area contributed by atoms with Gasteiger partial charge in [0.05, 0.1) is 6.04 Å². The number of benzene rings is 1. The third-order valence-corrected chi connectivity index (χ3v) is 3.75. The van der Waals surface area contributed by atoms with Crippen LogP contribution in [-0.4, -0.2) is 9.36 Å². The van der Waals surface area contributed by atoms with Gasteiger partial charge in [0.25, 0.3) is 0 Å². The van der Waals surface area contributed by atoms with Crippen LogP contribution >= 0.6 is 11.5 Å². The zero-order valence-corrected chi connectivity index (χ0v) is 10.9. The Hall–Kier alpha value is -1.49. The van der Waals surface area contributed by atoms with Gasteiger partial charge in [-0.25, -0.2) is 9.37 Å². The molecule has 1 aromatic carbocycles. The molecule has 1 atom stereocenters. The average molecular weight is 263 g/mol. The highest BCUT2D eigenvalue weighted by atomic mass is 32.1. The summed E-state index contributed by atoms with van der Waals surface area (Å²) >= 11 is 1.40. The van der Waals surface area contributed by atoms with Gasteiger partial charge in [0.2, 0.25) is 5.13 Å². The quantitative estimate of drug-likeness (QED) is 0.913. The first kappa shape index (κ1) is 11.6. The van der Waals surface area contributed by atoms with Crippen molar-refractivity contribution in [1.29, 1.82) is 0 Å². The fourth-order valence-corrected chi connectivity index (χ4v) is 2.55. The maximum absolute atomic E-state index is 12.8. The van der Waals surface area contributed by atoms with Crippen LogP contribution in [0.25, 0.3) is 0 Å². The van der Waals surface area contributed by atoms with Crippen molar-refractivity contribution in [3.8, 4) is 0 Å². The number of aromatic nitrogens is 2. The lowest BCUT2D eigenvalue weighted by atomic mass is 10.1. The summed E-state index contributed by atoms with van der Waals surface area (Å²) in [6.45, 7) is 2.03. The van der Waals surface area contributed by atoms with Crippen LogP contribution in [0.5, 0.6) is 0 Å². The molecule has 1 N–H and O–H groups in total. The highest BCUT2D eigenvalue weighted by Crippen LogP contribution is 2.39. The molecule has 1 unspecified atom stereocenters. The van der Waals surface area contributed by atoms with Crippen LogP contribution in [0.2, 0.25) is 0 Å². The number of hydrogen-bond acceptors (Lipinski definition) is 4. The van der Waals surface area contributed by atoms with Crippen LogP contribution in [0, 0.1) is 5.82 Å². The van der Waals surface area contributed by atoms with E-state index in [9.17, 15) is 4.39 Å². The minimum Gasteiger partial charge on any atom is -0.354 e. The van der Waals surface area contributed by atoms with E-state index in [1.54, 1.807) is 12.1 Å². The van der Waals surface area contributed by atoms with Crippen molar-refractivity contribution in [1.82, 2.24) is 9.36 Å². The van der Waals surface area contributed by atoms with E-state index in [0.29, 0.717) is 5.92 Å². The molecule has 2 aromatic rings. The maximum Gasteiger partial charge on any atom is 0.203 e. The Bertz CT molecular complexity index is 533. The fourth-order valence-electron chi connectivity index (χ4n) is 1.82. The second-order valence-electron chi connectivity index (χ2n) is 4.65. The molecule has 1 heterocycles. The van der Waals surface area contributed by atoms with Crippen molar-refractivity contribution < 1.29 is 4.39 Å². The first-order valence-corrected chi connectivity index (χ1v) is 6.85. The van der Waals surface area contributed by atoms with Gasteiger partial charge < -0.3 is 5.32 Å². The molecule has 0 saturated heterocycles. The molecule has 18 heavy (non-hydrogen) atoms. The standard InChI is InChI=1S/C13H14FN3S/c1-8(9-4-6-11(14)7-5-9)15-13-16-12(17-18-13)10-2-3-10/h4-8,10H,2-3H2,1H3,(H,15,16,17). The Labute approximate surface area is 109 Å². The molecule has 0 aliphatic heterocycles. The SMILES string of the molecule is CC(Nc1nc(C2CC2)ns1)c1ccc(F)cc1. The predicted octanol–water partition coefficient (Wildman–Crippen LogP) is 3.73. The van der Waals surface area contributed by atoms with Crippen LogP contribution in [-0.2, 0) is 0 Å². The molecule has 94 valence electrons. The lowest BCUT2D eigenvalue weighted by molar-refractivity contribution is 0.626. The highest BCUT2D eigenvalue weighted by molar-refractivity contribution is 7.09. The predicted molar refractivity (Wildman–Crippen MR) is 70.3 cm³/mol. The van der Waals surface area contributed by atoms with Crippen molar-refractivity contribution >= 4 is 16.7 Å². The van der Waals surface area contributed by atoms with Crippen molar-refractivity contribution in [2.75, 3.05) is 5.32 Å². The van der Waals surface area contributed by atoms with E-state index in [2.05, 4.69) is 14.7 Å². The summed E-state index contributed by atoms with van der Waals surface area (Å²) in [6.07, 6.45) is 2.42. The lowest BCUT2D eigenvalue weighted by Crippen LogP contribution is -2.06. The molecule has 0 spiro atoms. The summed E-state index contributed by atoms with van der Waals surface area (Å²) in [7, 11) is 0. The molecule has 0 bridgehead atoms. The van der Waals surface area contributed by atoms with Crippen LogP contribution in [0.3, 0.4) is 0 Å². The topological polar surface area (TPSA) is 37.8 Å². The number of halogens is 1. The summed E-state index contributed by atoms with van der Waals surface area (Å²) in [6, 6.07) is 6.63. The van der Waals surface area contributed by atoms with Crippen molar-refractivity contribution in [2.45, 2.75) is 31.7 Å². The molecule has 1 aliphatic carbocycles. The van der Waals surface area contributed by atoms with E-state index in [0.717, 1.165) is 16.5 Å². The second kappa shape index (κ2) is 4.65. The van der Waals surface area contributed by atoms with Crippen molar-refractivity contribution in [3.05, 3.63) is 41.5 Å². The summed E-state index contributed by atoms with van der Waals surface area (Å²) in [5.74, 6) is 1.34. The summed E-state index contributed by atoms with van der Waals surface area (Å²) in [4.78, 5) is 4.48. The fraction of sp³-hybridized carbons (Fsp3) is 0.385. The number of rotatable bonds is 4. The van der Waals surface area contributed by atoms with Gasteiger partial charge in [0.15, 0.2) is 0 Å². The van der Waals surface area contributed by atoms with Gasteiger partial charge in [-0.3, -0.25) is 0 Å². The van der Waals surface area contributed by atoms with Crippen LogP contribution in [0.1, 0.15) is 43.1 Å². The van der Waals surface area contributed by atoms with E-state index >= 15 is 0 Å². The van der Waals surface area contributed by atoms with Crippen molar-refractivity contribution in [2.24, 2.45) is 0 Å². The zero-order valence-electron chi connectivity index (χ0n) is 10.1. The summed E-state index contributed by atoms with van der Waals surface area (Å²) in [5, 5.41) is 4.14. The molecule has 1 saturated carbocycles. The molecule has 0 amide bonds. The van der Waals surface area contributed by atoms with E-state index in [-0.39, 0.29) is 11.9 Å². The van der Waals surface area contributed by atoms with Crippen molar-refractivity contribution in [3.63, 3.8) is 0 Å². The Morgan fingerprint density at radius 2 is 2.06 bits per heavy atom. The van der Waals surface area contributed by atoms with E-state index in [1.807, 2.05) is 6.92 Å². The zero-order chi connectivity index (χ0) is 12.5. The smallest absolute Gasteiger partial charge is 0.203 e. The van der Waals surface area contributed by atoms with Gasteiger partial charge in [0.1, 0.15) is 11.6 Å². The number of nitrogens with zero attached hydrogens (tertiary/aromatic N) is 2. The Balaban J connectivity index is 1.68. The molecule has 3 nitrogen and oxygen atoms in total. The van der Waals surface area contributed by atoms with E-state index in [4.69, 9.17) is 0 Å². The third-order valence-electron chi connectivity index (χ3n) is 3.09. The largest absolute Gasteiger partial charge is 0.354 e. The minimum absolute atomic E-state index is 0.102. The molecule has 3 rings (SSSR count). The molecule has 1 aliphatic rings. The van der Waals surface area contributed by atoms with Gasteiger partial charge >= 0.3 is 0 Å². The van der Waals surface area contributed by atoms with Gasteiger partial charge in [0, 0.05) is 17.5 Å². The number of hydrogen-bond donors (Lipinski definition) is 1. The first-order chi connectivity index (χ1) is 8.72. The maximum atomic E-state index is 12.8. The normalized spacial score (nSPS) is 16.6. The summed E-state index contributed by atoms with van der Waals surface area (Å²) in [5.41, 5.74) is 1.04. The molecule has 1 fully saturated rings. The highest BCUT2D eigenvalue weighted by Gasteiger charge is 2.27. The monoisotopic (exact) mass is 263 g/mol. The van der Waals surface area contributed by atoms with E-state index < -0.39 is 0 Å². The Kier molecular flexibility index (Phi) is 2.99. The average Bonchev–Trinajstić information content (AvgIpc) is 3.11. The number of nitrogens with one attached hydrogen (secondary N) is 1. The third kappa shape index (κ3) is 2.51. The van der Waals surface area contributed by atoms with Gasteiger partial charge in [-0.2, -0.15) is 4.37 Å². The lowest BCUT2D eigenvalue weighted by Gasteiger charge is -2.12. The Morgan fingerprint density at radius 3 is 2.72 bits per heavy atom. The molecule has 5 heteroatoms. The minimum atomic E-state index is -0.210.